The van der Waals surface area contributed by atoms with Crippen molar-refractivity contribution in [2.75, 3.05) is 4.72 Å². The quantitative estimate of drug-likeness (QED) is 0.532. The maximum absolute atomic E-state index is 12.8. The van der Waals surface area contributed by atoms with E-state index in [9.17, 15) is 8.42 Å². The molecule has 0 saturated carbocycles. The van der Waals surface area contributed by atoms with E-state index in [0.717, 1.165) is 23.0 Å². The normalized spacial score (nSPS) is 11.8. The number of fused-ring (bicyclic) bond motifs is 1. The number of hydrogen-bond donors (Lipinski definition) is 1. The topological polar surface area (TPSA) is 89.8 Å². The largest absolute Gasteiger partial charge is 0.265 e. The fourth-order valence-corrected chi connectivity index (χ4v) is 4.55. The third kappa shape index (κ3) is 3.66. The van der Waals surface area contributed by atoms with Gasteiger partial charge in [0.2, 0.25) is 0 Å². The summed E-state index contributed by atoms with van der Waals surface area (Å²) >= 11 is 6.88. The Balaban J connectivity index is 1.61. The third-order valence-electron chi connectivity index (χ3n) is 4.00. The van der Waals surface area contributed by atoms with Gasteiger partial charge in [-0.15, -0.1) is 0 Å². The predicted octanol–water partition coefficient (Wildman–Crippen LogP) is 3.70. The van der Waals surface area contributed by atoms with Crippen molar-refractivity contribution in [2.45, 2.75) is 18.4 Å². The van der Waals surface area contributed by atoms with Gasteiger partial charge in [-0.3, -0.25) is 9.40 Å². The predicted molar refractivity (Wildman–Crippen MR) is 106 cm³/mol. The molecular weight excluding hydrogens is 406 g/mol. The molecule has 0 saturated heterocycles. The average molecular weight is 420 g/mol. The second kappa shape index (κ2) is 6.91. The summed E-state index contributed by atoms with van der Waals surface area (Å²) < 4.78 is 38.0. The van der Waals surface area contributed by atoms with Crippen molar-refractivity contribution >= 4 is 50.2 Å². The molecule has 0 unspecified atom stereocenters. The van der Waals surface area contributed by atoms with Gasteiger partial charge in [0.1, 0.15) is 15.9 Å². The summed E-state index contributed by atoms with van der Waals surface area (Å²) in [5.41, 5.74) is 2.74. The molecule has 10 heteroatoms. The molecule has 0 radical (unpaired) electrons. The number of rotatable bonds is 5. The molecule has 27 heavy (non-hydrogen) atoms. The highest BCUT2D eigenvalue weighted by Gasteiger charge is 2.21. The second-order valence-corrected chi connectivity index (χ2v) is 8.56. The van der Waals surface area contributed by atoms with Gasteiger partial charge in [0, 0.05) is 16.8 Å². The Morgan fingerprint density at radius 2 is 1.93 bits per heavy atom. The SMILES string of the molecule is Cc1cc(NS(=O)(=O)c2cccc3nsnc23)nn1Cc1ccc(Cl)cc1. The van der Waals surface area contributed by atoms with E-state index in [2.05, 4.69) is 18.6 Å². The lowest BCUT2D eigenvalue weighted by atomic mass is 10.2. The first-order valence-corrected chi connectivity index (χ1v) is 10.5. The number of benzene rings is 2. The van der Waals surface area contributed by atoms with Crippen LogP contribution in [0.5, 0.6) is 0 Å². The molecule has 0 spiro atoms. The van der Waals surface area contributed by atoms with Crippen LogP contribution in [0.1, 0.15) is 11.3 Å². The van der Waals surface area contributed by atoms with E-state index in [1.54, 1.807) is 22.9 Å². The molecule has 4 aromatic rings. The number of sulfonamides is 1. The van der Waals surface area contributed by atoms with Crippen LogP contribution in [0, 0.1) is 6.92 Å². The molecule has 0 aliphatic carbocycles. The molecule has 2 aromatic carbocycles. The first-order valence-electron chi connectivity index (χ1n) is 7.95. The van der Waals surface area contributed by atoms with Crippen LogP contribution in [0.2, 0.25) is 5.02 Å². The van der Waals surface area contributed by atoms with E-state index in [1.807, 2.05) is 31.2 Å². The van der Waals surface area contributed by atoms with Gasteiger partial charge >= 0.3 is 0 Å². The Kier molecular flexibility index (Phi) is 4.58. The number of nitrogens with zero attached hydrogens (tertiary/aromatic N) is 4. The third-order valence-corrected chi connectivity index (χ3v) is 6.19. The van der Waals surface area contributed by atoms with E-state index in [-0.39, 0.29) is 10.7 Å². The summed E-state index contributed by atoms with van der Waals surface area (Å²) in [5, 5.41) is 5.03. The zero-order chi connectivity index (χ0) is 19.0. The van der Waals surface area contributed by atoms with E-state index in [0.29, 0.717) is 22.6 Å². The number of hydrogen-bond acceptors (Lipinski definition) is 6. The van der Waals surface area contributed by atoms with Crippen LogP contribution in [-0.4, -0.2) is 26.9 Å². The highest BCUT2D eigenvalue weighted by molar-refractivity contribution is 7.93. The minimum Gasteiger partial charge on any atom is -0.263 e. The van der Waals surface area contributed by atoms with Crippen molar-refractivity contribution in [1.82, 2.24) is 18.5 Å². The maximum atomic E-state index is 12.8. The summed E-state index contributed by atoms with van der Waals surface area (Å²) in [6, 6.07) is 14.0. The fraction of sp³-hybridized carbons (Fsp3) is 0.118. The molecule has 2 aromatic heterocycles. The highest BCUT2D eigenvalue weighted by Crippen LogP contribution is 2.23. The Morgan fingerprint density at radius 3 is 2.70 bits per heavy atom. The Morgan fingerprint density at radius 1 is 1.15 bits per heavy atom. The lowest BCUT2D eigenvalue weighted by Gasteiger charge is -2.06. The second-order valence-electron chi connectivity index (χ2n) is 5.95. The van der Waals surface area contributed by atoms with Crippen LogP contribution >= 0.6 is 23.3 Å². The minimum atomic E-state index is -3.83. The summed E-state index contributed by atoms with van der Waals surface area (Å²) in [6.45, 7) is 2.38. The van der Waals surface area contributed by atoms with Gasteiger partial charge in [-0.2, -0.15) is 13.8 Å². The summed E-state index contributed by atoms with van der Waals surface area (Å²) in [6.07, 6.45) is 0. The van der Waals surface area contributed by atoms with Crippen LogP contribution in [0.25, 0.3) is 11.0 Å². The van der Waals surface area contributed by atoms with Gasteiger partial charge < -0.3 is 0 Å². The minimum absolute atomic E-state index is 0.0821. The van der Waals surface area contributed by atoms with E-state index >= 15 is 0 Å². The van der Waals surface area contributed by atoms with Crippen molar-refractivity contribution in [3.8, 4) is 0 Å². The fourth-order valence-electron chi connectivity index (χ4n) is 2.67. The average Bonchev–Trinajstić information content (AvgIpc) is 3.23. The summed E-state index contributed by atoms with van der Waals surface area (Å²) in [5.74, 6) is 0.252. The van der Waals surface area contributed by atoms with Crippen molar-refractivity contribution in [3.63, 3.8) is 0 Å². The van der Waals surface area contributed by atoms with Crippen LogP contribution in [0.3, 0.4) is 0 Å². The number of nitrogens with one attached hydrogen (secondary N) is 1. The van der Waals surface area contributed by atoms with Crippen molar-refractivity contribution in [2.24, 2.45) is 0 Å². The van der Waals surface area contributed by atoms with E-state index in [1.165, 1.54) is 6.07 Å². The zero-order valence-corrected chi connectivity index (χ0v) is 16.5. The lowest BCUT2D eigenvalue weighted by Crippen LogP contribution is -2.14. The molecular formula is C17H14ClN5O2S2. The van der Waals surface area contributed by atoms with E-state index < -0.39 is 10.0 Å². The maximum Gasteiger partial charge on any atom is 0.265 e. The van der Waals surface area contributed by atoms with E-state index in [4.69, 9.17) is 11.6 Å². The molecule has 0 aliphatic rings. The number of aromatic nitrogens is 4. The van der Waals surface area contributed by atoms with Crippen LogP contribution in [0.15, 0.2) is 53.4 Å². The molecule has 0 aliphatic heterocycles. The number of aryl methyl sites for hydroxylation is 1. The van der Waals surface area contributed by atoms with Crippen molar-refractivity contribution < 1.29 is 8.42 Å². The van der Waals surface area contributed by atoms with Gasteiger partial charge in [0.15, 0.2) is 5.82 Å². The molecule has 0 atom stereocenters. The van der Waals surface area contributed by atoms with Crippen molar-refractivity contribution in [1.29, 1.82) is 0 Å². The van der Waals surface area contributed by atoms with Gasteiger partial charge in [-0.1, -0.05) is 29.8 Å². The molecule has 0 amide bonds. The molecule has 4 rings (SSSR count). The smallest absolute Gasteiger partial charge is 0.263 e. The van der Waals surface area contributed by atoms with Gasteiger partial charge in [-0.05, 0) is 36.8 Å². The Labute approximate surface area is 165 Å². The highest BCUT2D eigenvalue weighted by atomic mass is 35.5. The number of anilines is 1. The molecule has 138 valence electrons. The summed E-state index contributed by atoms with van der Waals surface area (Å²) in [7, 11) is -3.83. The molecule has 0 fully saturated rings. The summed E-state index contributed by atoms with van der Waals surface area (Å²) in [4.78, 5) is 0.0821. The van der Waals surface area contributed by atoms with Gasteiger partial charge in [0.25, 0.3) is 10.0 Å². The van der Waals surface area contributed by atoms with Crippen LogP contribution in [-0.2, 0) is 16.6 Å². The van der Waals surface area contributed by atoms with Gasteiger partial charge in [-0.25, -0.2) is 8.42 Å². The molecule has 0 bridgehead atoms. The first-order chi connectivity index (χ1) is 12.9. The monoisotopic (exact) mass is 419 g/mol. The zero-order valence-electron chi connectivity index (χ0n) is 14.1. The van der Waals surface area contributed by atoms with Gasteiger partial charge in [0.05, 0.1) is 18.3 Å². The molecule has 2 heterocycles. The first kappa shape index (κ1) is 17.9. The van der Waals surface area contributed by atoms with Crippen molar-refractivity contribution in [3.05, 3.63) is 64.8 Å². The molecule has 1 N–H and O–H groups in total. The lowest BCUT2D eigenvalue weighted by molar-refractivity contribution is 0.601. The Hall–Kier alpha value is -2.49. The Bertz CT molecular complexity index is 1220. The standard InChI is InChI=1S/C17H14ClN5O2S2/c1-11-9-16(19-23(11)10-12-5-7-13(18)8-6-12)22-27(24,25)15-4-2-3-14-17(15)21-26-20-14/h2-9H,10H2,1H3,(H,19,22). The van der Waals surface area contributed by atoms with Crippen LogP contribution in [0.4, 0.5) is 5.82 Å². The molecule has 7 nitrogen and oxygen atoms in total. The number of halogens is 1. The van der Waals surface area contributed by atoms with Crippen LogP contribution < -0.4 is 4.72 Å².